The first-order valence-electron chi connectivity index (χ1n) is 12.4. The number of allylic oxidation sites excluding steroid dienone is 3. The maximum absolute atomic E-state index is 12.2. The van der Waals surface area contributed by atoms with Crippen LogP contribution < -0.4 is 5.32 Å². The zero-order valence-electron chi connectivity index (χ0n) is 21.7. The highest BCUT2D eigenvalue weighted by Crippen LogP contribution is 2.28. The summed E-state index contributed by atoms with van der Waals surface area (Å²) in [6.07, 6.45) is 7.73. The van der Waals surface area contributed by atoms with Gasteiger partial charge in [-0.25, -0.2) is 0 Å². The minimum absolute atomic E-state index is 0.0139. The molecule has 0 aromatic heterocycles. The van der Waals surface area contributed by atoms with Gasteiger partial charge < -0.3 is 24.6 Å². The first-order valence-corrected chi connectivity index (χ1v) is 12.4. The van der Waals surface area contributed by atoms with E-state index < -0.39 is 24.3 Å². The lowest BCUT2D eigenvalue weighted by atomic mass is 9.88. The number of aliphatic hydroxyl groups is 1. The van der Waals surface area contributed by atoms with E-state index in [1.54, 1.807) is 12.2 Å². The number of hydrogen-bond acceptors (Lipinski definition) is 7. The van der Waals surface area contributed by atoms with Gasteiger partial charge in [0.1, 0.15) is 12.2 Å². The Morgan fingerprint density at radius 3 is 2.60 bits per heavy atom. The molecule has 8 heteroatoms. The number of aliphatic hydroxyl groups excluding tert-OH is 1. The van der Waals surface area contributed by atoms with Crippen molar-refractivity contribution in [2.24, 2.45) is 11.8 Å². The van der Waals surface area contributed by atoms with Crippen LogP contribution in [0.25, 0.3) is 0 Å². The number of Topliss-reactive ketones (excluding diaryl/α,β-unsaturated/α-hetero) is 1. The smallest absolute Gasteiger partial charge is 0.308 e. The standard InChI is InChI=1S/C27H41NO7/c1-16(2)7-12-25(30)28-21-13-18(4)23(34-19(21)5)10-8-17(3)9-11-24-27(32)22(29)14-20(35-24)15-26(31)33-6/h7-9,11-12,16,18-21,23-24,27,32H,10,13-15H2,1-6H3,(H,28,30)/b11-9+,12-7-,17-8+/t18-,19+,20-,21+,23-,24+,27-/m0/s1. The van der Waals surface area contributed by atoms with E-state index in [2.05, 4.69) is 23.1 Å². The molecule has 196 valence electrons. The molecule has 2 aliphatic heterocycles. The van der Waals surface area contributed by atoms with E-state index in [9.17, 15) is 19.5 Å². The summed E-state index contributed by atoms with van der Waals surface area (Å²) in [5.74, 6) is -0.310. The Hall–Kier alpha value is -2.29. The van der Waals surface area contributed by atoms with E-state index >= 15 is 0 Å². The van der Waals surface area contributed by atoms with Crippen LogP contribution in [0.5, 0.6) is 0 Å². The zero-order valence-corrected chi connectivity index (χ0v) is 21.7. The first kappa shape index (κ1) is 28.9. The third-order valence-electron chi connectivity index (χ3n) is 6.44. The lowest BCUT2D eigenvalue weighted by molar-refractivity contribution is -0.158. The van der Waals surface area contributed by atoms with Gasteiger partial charge in [0.2, 0.25) is 5.91 Å². The monoisotopic (exact) mass is 491 g/mol. The van der Waals surface area contributed by atoms with Crippen LogP contribution in [0.2, 0.25) is 0 Å². The number of amides is 1. The van der Waals surface area contributed by atoms with Gasteiger partial charge in [-0.3, -0.25) is 14.4 Å². The molecule has 0 aliphatic carbocycles. The lowest BCUT2D eigenvalue weighted by Gasteiger charge is -2.39. The molecule has 0 spiro atoms. The van der Waals surface area contributed by atoms with Crippen molar-refractivity contribution in [2.75, 3.05) is 7.11 Å². The average Bonchev–Trinajstić information content (AvgIpc) is 2.80. The van der Waals surface area contributed by atoms with Gasteiger partial charge >= 0.3 is 5.97 Å². The van der Waals surface area contributed by atoms with Crippen LogP contribution in [0.4, 0.5) is 0 Å². The van der Waals surface area contributed by atoms with Gasteiger partial charge in [-0.1, -0.05) is 50.6 Å². The van der Waals surface area contributed by atoms with E-state index in [-0.39, 0.29) is 48.7 Å². The number of hydrogen-bond donors (Lipinski definition) is 2. The summed E-state index contributed by atoms with van der Waals surface area (Å²) in [5, 5.41) is 13.2. The number of ether oxygens (including phenoxy) is 3. The molecule has 7 atom stereocenters. The topological polar surface area (TPSA) is 111 Å². The maximum atomic E-state index is 12.2. The molecular formula is C27H41NO7. The van der Waals surface area contributed by atoms with Crippen LogP contribution in [0, 0.1) is 11.8 Å². The molecule has 2 fully saturated rings. The molecule has 0 radical (unpaired) electrons. The molecule has 0 aromatic carbocycles. The molecule has 2 heterocycles. The van der Waals surface area contributed by atoms with Gasteiger partial charge in [-0.05, 0) is 44.6 Å². The molecule has 0 unspecified atom stereocenters. The summed E-state index contributed by atoms with van der Waals surface area (Å²) in [6, 6.07) is -0.0315. The number of nitrogens with one attached hydrogen (secondary N) is 1. The molecule has 1 amide bonds. The van der Waals surface area contributed by atoms with Crippen molar-refractivity contribution in [3.05, 3.63) is 36.0 Å². The SMILES string of the molecule is COC(=O)C[C@@H]1CC(=O)[C@H](O)[C@@H](/C=C/C(C)=C/C[C@@H]2O[C@H](C)[C@H](NC(=O)/C=C\C(C)C)C[C@@H]2C)O1. The molecular weight excluding hydrogens is 450 g/mol. The van der Waals surface area contributed by atoms with Crippen LogP contribution in [-0.4, -0.2) is 66.4 Å². The number of carbonyl (C=O) groups is 3. The second-order valence-electron chi connectivity index (χ2n) is 9.97. The second kappa shape index (κ2) is 13.7. The van der Waals surface area contributed by atoms with Crippen LogP contribution in [0.3, 0.4) is 0 Å². The minimum atomic E-state index is -1.25. The fraction of sp³-hybridized carbons (Fsp3) is 0.667. The molecule has 8 nitrogen and oxygen atoms in total. The van der Waals surface area contributed by atoms with Crippen molar-refractivity contribution in [3.8, 4) is 0 Å². The molecule has 2 N–H and O–H groups in total. The number of esters is 1. The summed E-state index contributed by atoms with van der Waals surface area (Å²) in [7, 11) is 1.28. The molecule has 0 aromatic rings. The highest BCUT2D eigenvalue weighted by Gasteiger charge is 2.36. The minimum Gasteiger partial charge on any atom is -0.469 e. The van der Waals surface area contributed by atoms with Crippen LogP contribution in [0.15, 0.2) is 36.0 Å². The molecule has 2 aliphatic rings. The normalized spacial score (nSPS) is 32.4. The fourth-order valence-electron chi connectivity index (χ4n) is 4.25. The predicted octanol–water partition coefficient (Wildman–Crippen LogP) is 3.04. The summed E-state index contributed by atoms with van der Waals surface area (Å²) >= 11 is 0. The van der Waals surface area contributed by atoms with Gasteiger partial charge in [0.05, 0.1) is 37.9 Å². The Morgan fingerprint density at radius 2 is 1.94 bits per heavy atom. The summed E-state index contributed by atoms with van der Waals surface area (Å²) in [5.41, 5.74) is 0.945. The second-order valence-corrected chi connectivity index (χ2v) is 9.97. The lowest BCUT2D eigenvalue weighted by Crippen LogP contribution is -2.50. The maximum Gasteiger partial charge on any atom is 0.308 e. The van der Waals surface area contributed by atoms with Gasteiger partial charge in [0.15, 0.2) is 5.78 Å². The predicted molar refractivity (Wildman–Crippen MR) is 132 cm³/mol. The number of carbonyl (C=O) groups excluding carboxylic acids is 3. The highest BCUT2D eigenvalue weighted by molar-refractivity contribution is 5.87. The third kappa shape index (κ3) is 9.35. The summed E-state index contributed by atoms with van der Waals surface area (Å²) in [4.78, 5) is 35.8. The molecule has 35 heavy (non-hydrogen) atoms. The van der Waals surface area contributed by atoms with Gasteiger partial charge in [0.25, 0.3) is 0 Å². The molecule has 2 rings (SSSR count). The molecule has 0 saturated carbocycles. The Morgan fingerprint density at radius 1 is 1.23 bits per heavy atom. The van der Waals surface area contributed by atoms with Crippen LogP contribution in [-0.2, 0) is 28.6 Å². The summed E-state index contributed by atoms with van der Waals surface area (Å²) < 4.78 is 16.6. The van der Waals surface area contributed by atoms with Crippen LogP contribution >= 0.6 is 0 Å². The third-order valence-corrected chi connectivity index (χ3v) is 6.44. The van der Waals surface area contributed by atoms with Crippen molar-refractivity contribution >= 4 is 17.7 Å². The van der Waals surface area contributed by atoms with Gasteiger partial charge in [0, 0.05) is 6.42 Å². The van der Waals surface area contributed by atoms with Crippen LogP contribution in [0.1, 0.15) is 60.3 Å². The van der Waals surface area contributed by atoms with Crippen molar-refractivity contribution in [1.29, 1.82) is 0 Å². The van der Waals surface area contributed by atoms with E-state index in [0.717, 1.165) is 12.0 Å². The van der Waals surface area contributed by atoms with Gasteiger partial charge in [-0.2, -0.15) is 0 Å². The number of rotatable bonds is 9. The highest BCUT2D eigenvalue weighted by atomic mass is 16.5. The Balaban J connectivity index is 1.90. The van der Waals surface area contributed by atoms with E-state index in [1.807, 2.05) is 39.8 Å². The van der Waals surface area contributed by atoms with Crippen molar-refractivity contribution < 1.29 is 33.7 Å². The fourth-order valence-corrected chi connectivity index (χ4v) is 4.25. The Kier molecular flexibility index (Phi) is 11.3. The van der Waals surface area contributed by atoms with E-state index in [0.29, 0.717) is 12.3 Å². The Labute approximate surface area is 208 Å². The van der Waals surface area contributed by atoms with Crippen molar-refractivity contribution in [2.45, 2.75) is 96.9 Å². The van der Waals surface area contributed by atoms with Gasteiger partial charge in [-0.15, -0.1) is 0 Å². The zero-order chi connectivity index (χ0) is 26.1. The largest absolute Gasteiger partial charge is 0.469 e. The van der Waals surface area contributed by atoms with Crippen molar-refractivity contribution in [1.82, 2.24) is 5.32 Å². The number of methoxy groups -OCH3 is 1. The van der Waals surface area contributed by atoms with Crippen molar-refractivity contribution in [3.63, 3.8) is 0 Å². The van der Waals surface area contributed by atoms with E-state index in [1.165, 1.54) is 7.11 Å². The Bertz CT molecular complexity index is 829. The first-order chi connectivity index (χ1) is 16.5. The molecule has 2 saturated heterocycles. The number of ketones is 1. The molecule has 0 bridgehead atoms. The average molecular weight is 492 g/mol. The summed E-state index contributed by atoms with van der Waals surface area (Å²) in [6.45, 7) is 10.1. The van der Waals surface area contributed by atoms with E-state index in [4.69, 9.17) is 9.47 Å². The quantitative estimate of drug-likeness (QED) is 0.290.